The summed E-state index contributed by atoms with van der Waals surface area (Å²) in [5.41, 5.74) is 2.78. The molecule has 0 amide bonds. The Morgan fingerprint density at radius 2 is 2.06 bits per heavy atom. The molecule has 1 aliphatic heterocycles. The molecule has 0 spiro atoms. The number of aryl methyl sites for hydroxylation is 1. The third-order valence-corrected chi connectivity index (χ3v) is 3.76. The van der Waals surface area contributed by atoms with Gasteiger partial charge in [0.05, 0.1) is 12.7 Å². The number of ether oxygens (including phenoxy) is 1. The zero-order chi connectivity index (χ0) is 12.3. The van der Waals surface area contributed by atoms with Gasteiger partial charge in [-0.05, 0) is 37.9 Å². The van der Waals surface area contributed by atoms with Crippen molar-refractivity contribution in [3.8, 4) is 0 Å². The van der Waals surface area contributed by atoms with E-state index in [-0.39, 0.29) is 0 Å². The van der Waals surface area contributed by atoms with Gasteiger partial charge in [0.15, 0.2) is 0 Å². The first-order valence-electron chi connectivity index (χ1n) is 6.62. The Kier molecular flexibility index (Phi) is 4.19. The van der Waals surface area contributed by atoms with Crippen LogP contribution in [0, 0.1) is 5.92 Å². The molecule has 94 valence electrons. The number of hydrogen-bond acceptors (Lipinski definition) is 2. The summed E-state index contributed by atoms with van der Waals surface area (Å²) in [5, 5.41) is 3.44. The van der Waals surface area contributed by atoms with Gasteiger partial charge >= 0.3 is 0 Å². The van der Waals surface area contributed by atoms with Gasteiger partial charge in [0, 0.05) is 12.0 Å². The molecule has 1 aromatic carbocycles. The predicted molar refractivity (Wildman–Crippen MR) is 71.1 cm³/mol. The summed E-state index contributed by atoms with van der Waals surface area (Å²) >= 11 is 0. The number of nitrogens with one attached hydrogen (secondary N) is 1. The van der Waals surface area contributed by atoms with Crippen LogP contribution in [0.3, 0.4) is 0 Å². The van der Waals surface area contributed by atoms with Gasteiger partial charge in [0.2, 0.25) is 0 Å². The number of rotatable bonds is 4. The molecular weight excluding hydrogens is 210 g/mol. The van der Waals surface area contributed by atoms with Gasteiger partial charge in [-0.3, -0.25) is 0 Å². The Labute approximate surface area is 104 Å². The van der Waals surface area contributed by atoms with Crippen molar-refractivity contribution in [2.45, 2.75) is 38.8 Å². The minimum absolute atomic E-state index is 0.408. The van der Waals surface area contributed by atoms with E-state index in [1.54, 1.807) is 0 Å². The van der Waals surface area contributed by atoms with Crippen LogP contribution in [0.5, 0.6) is 0 Å². The van der Waals surface area contributed by atoms with Crippen LogP contribution in [-0.2, 0) is 11.2 Å². The highest BCUT2D eigenvalue weighted by Crippen LogP contribution is 2.31. The van der Waals surface area contributed by atoms with E-state index >= 15 is 0 Å². The minimum Gasteiger partial charge on any atom is -0.378 e. The average molecular weight is 233 g/mol. The molecule has 0 radical (unpaired) electrons. The molecule has 2 rings (SSSR count). The second-order valence-corrected chi connectivity index (χ2v) is 5.00. The zero-order valence-corrected chi connectivity index (χ0v) is 11.1. The van der Waals surface area contributed by atoms with Crippen LogP contribution in [0.15, 0.2) is 24.3 Å². The van der Waals surface area contributed by atoms with Crippen molar-refractivity contribution in [3.05, 3.63) is 35.4 Å². The Bertz CT molecular complexity index is 346. The number of hydrogen-bond donors (Lipinski definition) is 1. The molecule has 0 saturated carbocycles. The largest absolute Gasteiger partial charge is 0.378 e. The lowest BCUT2D eigenvalue weighted by atomic mass is 9.90. The molecule has 0 bridgehead atoms. The maximum Gasteiger partial charge on any atom is 0.0551 e. The van der Waals surface area contributed by atoms with Crippen LogP contribution >= 0.6 is 0 Å². The van der Waals surface area contributed by atoms with Crippen LogP contribution < -0.4 is 5.32 Å². The Balaban J connectivity index is 2.11. The van der Waals surface area contributed by atoms with Crippen LogP contribution in [0.25, 0.3) is 0 Å². The first-order valence-corrected chi connectivity index (χ1v) is 6.62. The van der Waals surface area contributed by atoms with E-state index in [9.17, 15) is 0 Å². The number of benzene rings is 1. The summed E-state index contributed by atoms with van der Waals surface area (Å²) in [4.78, 5) is 0. The van der Waals surface area contributed by atoms with Crippen molar-refractivity contribution < 1.29 is 4.74 Å². The molecule has 1 fully saturated rings. The van der Waals surface area contributed by atoms with E-state index < -0.39 is 0 Å². The van der Waals surface area contributed by atoms with Crippen molar-refractivity contribution in [2.75, 3.05) is 13.7 Å². The third-order valence-electron chi connectivity index (χ3n) is 3.76. The predicted octanol–water partition coefficient (Wildman–Crippen LogP) is 2.93. The summed E-state index contributed by atoms with van der Waals surface area (Å²) in [6.07, 6.45) is 2.67. The van der Waals surface area contributed by atoms with E-state index in [2.05, 4.69) is 43.4 Å². The molecule has 1 N–H and O–H groups in total. The van der Waals surface area contributed by atoms with Crippen LogP contribution in [0.4, 0.5) is 0 Å². The second-order valence-electron chi connectivity index (χ2n) is 5.00. The summed E-state index contributed by atoms with van der Waals surface area (Å²) in [6.45, 7) is 5.23. The van der Waals surface area contributed by atoms with E-state index in [1.807, 2.05) is 7.05 Å². The first-order chi connectivity index (χ1) is 8.24. The molecule has 0 aromatic heterocycles. The molecule has 0 aliphatic carbocycles. The van der Waals surface area contributed by atoms with Crippen molar-refractivity contribution in [3.63, 3.8) is 0 Å². The summed E-state index contributed by atoms with van der Waals surface area (Å²) in [5.74, 6) is 0.600. The molecular formula is C15H23NO. The maximum absolute atomic E-state index is 5.67. The van der Waals surface area contributed by atoms with Gasteiger partial charge in [-0.25, -0.2) is 0 Å². The quantitative estimate of drug-likeness (QED) is 0.863. The fourth-order valence-electron chi connectivity index (χ4n) is 2.72. The monoisotopic (exact) mass is 233 g/mol. The fraction of sp³-hybridized carbons (Fsp3) is 0.600. The lowest BCUT2D eigenvalue weighted by Crippen LogP contribution is -2.25. The molecule has 17 heavy (non-hydrogen) atoms. The van der Waals surface area contributed by atoms with Crippen LogP contribution in [-0.4, -0.2) is 19.8 Å². The molecule has 2 heteroatoms. The second kappa shape index (κ2) is 5.65. The lowest BCUT2D eigenvalue weighted by molar-refractivity contribution is 0.117. The van der Waals surface area contributed by atoms with Gasteiger partial charge in [-0.15, -0.1) is 0 Å². The lowest BCUT2D eigenvalue weighted by Gasteiger charge is -2.22. The van der Waals surface area contributed by atoms with Gasteiger partial charge in [-0.2, -0.15) is 0 Å². The molecule has 1 aliphatic rings. The zero-order valence-electron chi connectivity index (χ0n) is 11.1. The normalized spacial score (nSPS) is 26.1. The van der Waals surface area contributed by atoms with Gasteiger partial charge < -0.3 is 10.1 Å². The first kappa shape index (κ1) is 12.6. The smallest absolute Gasteiger partial charge is 0.0551 e. The molecule has 3 unspecified atom stereocenters. The summed E-state index contributed by atoms with van der Waals surface area (Å²) < 4.78 is 5.67. The highest BCUT2D eigenvalue weighted by atomic mass is 16.5. The van der Waals surface area contributed by atoms with Crippen molar-refractivity contribution in [2.24, 2.45) is 5.92 Å². The maximum atomic E-state index is 5.67. The van der Waals surface area contributed by atoms with Crippen LogP contribution in [0.2, 0.25) is 0 Å². The Morgan fingerprint density at radius 1 is 1.35 bits per heavy atom. The summed E-state index contributed by atoms with van der Waals surface area (Å²) in [7, 11) is 2.04. The minimum atomic E-state index is 0.408. The van der Waals surface area contributed by atoms with Crippen LogP contribution in [0.1, 0.15) is 37.4 Å². The van der Waals surface area contributed by atoms with E-state index in [4.69, 9.17) is 4.74 Å². The fourth-order valence-corrected chi connectivity index (χ4v) is 2.72. The van der Waals surface area contributed by atoms with Crippen molar-refractivity contribution in [1.82, 2.24) is 5.32 Å². The van der Waals surface area contributed by atoms with Gasteiger partial charge in [0.1, 0.15) is 0 Å². The average Bonchev–Trinajstić information content (AvgIpc) is 2.78. The topological polar surface area (TPSA) is 21.3 Å². The van der Waals surface area contributed by atoms with Crippen molar-refractivity contribution in [1.29, 1.82) is 0 Å². The SMILES string of the molecule is CCc1ccc(C(NC)C2COC(C)C2)cc1. The summed E-state index contributed by atoms with van der Waals surface area (Å²) in [6, 6.07) is 9.40. The standard InChI is InChI=1S/C15H23NO/c1-4-12-5-7-13(8-6-12)15(16-3)14-9-11(2)17-10-14/h5-8,11,14-16H,4,9-10H2,1-3H3. The Hall–Kier alpha value is -0.860. The molecule has 3 atom stereocenters. The van der Waals surface area contributed by atoms with E-state index in [0.29, 0.717) is 18.1 Å². The third kappa shape index (κ3) is 2.88. The van der Waals surface area contributed by atoms with Crippen molar-refractivity contribution >= 4 is 0 Å². The molecule has 1 saturated heterocycles. The van der Waals surface area contributed by atoms with Gasteiger partial charge in [0.25, 0.3) is 0 Å². The van der Waals surface area contributed by atoms with E-state index in [1.165, 1.54) is 11.1 Å². The Morgan fingerprint density at radius 3 is 2.53 bits per heavy atom. The molecule has 1 aromatic rings. The molecule has 2 nitrogen and oxygen atoms in total. The molecule has 1 heterocycles. The van der Waals surface area contributed by atoms with E-state index in [0.717, 1.165) is 19.4 Å². The highest BCUT2D eigenvalue weighted by Gasteiger charge is 2.29. The highest BCUT2D eigenvalue weighted by molar-refractivity contribution is 5.25. The van der Waals surface area contributed by atoms with Gasteiger partial charge in [-0.1, -0.05) is 31.2 Å².